The third kappa shape index (κ3) is 4.91. The van der Waals surface area contributed by atoms with Crippen LogP contribution in [-0.4, -0.2) is 43.0 Å². The molecule has 6 nitrogen and oxygen atoms in total. The van der Waals surface area contributed by atoms with Crippen molar-refractivity contribution in [1.29, 1.82) is 0 Å². The second-order valence-electron chi connectivity index (χ2n) is 8.43. The van der Waals surface area contributed by atoms with Gasteiger partial charge < -0.3 is 19.3 Å². The Hall–Kier alpha value is -3.03. The number of likely N-dealkylation sites (tertiary alicyclic amines) is 1. The lowest BCUT2D eigenvalue weighted by Gasteiger charge is -2.35. The Morgan fingerprint density at radius 3 is 2.62 bits per heavy atom. The number of carbonyl (C=O) groups excluding carboxylic acids is 2. The highest BCUT2D eigenvalue weighted by Gasteiger charge is 2.33. The van der Waals surface area contributed by atoms with Crippen molar-refractivity contribution >= 4 is 40.4 Å². The SMILES string of the molecule is O=C(c1ccc(Cl)cc1)N1CCC[C@H](C(=O)N(Cc2cccs2)c2ccc3c(c2)OCCO3)C1. The maximum absolute atomic E-state index is 13.8. The summed E-state index contributed by atoms with van der Waals surface area (Å²) in [6.07, 6.45) is 1.53. The van der Waals surface area contributed by atoms with Gasteiger partial charge in [0.25, 0.3) is 5.91 Å². The highest BCUT2D eigenvalue weighted by molar-refractivity contribution is 7.09. The van der Waals surface area contributed by atoms with E-state index in [4.69, 9.17) is 21.1 Å². The second-order valence-corrected chi connectivity index (χ2v) is 9.90. The molecule has 1 atom stereocenters. The fraction of sp³-hybridized carbons (Fsp3) is 0.308. The fourth-order valence-corrected chi connectivity index (χ4v) is 5.23. The molecule has 5 rings (SSSR count). The van der Waals surface area contributed by atoms with E-state index in [-0.39, 0.29) is 17.7 Å². The van der Waals surface area contributed by atoms with E-state index in [1.807, 2.05) is 40.6 Å². The molecule has 0 N–H and O–H groups in total. The van der Waals surface area contributed by atoms with Crippen molar-refractivity contribution in [2.24, 2.45) is 5.92 Å². The topological polar surface area (TPSA) is 59.1 Å². The van der Waals surface area contributed by atoms with Crippen molar-refractivity contribution in [2.75, 3.05) is 31.2 Å². The van der Waals surface area contributed by atoms with Crippen LogP contribution in [0.3, 0.4) is 0 Å². The number of rotatable bonds is 5. The Kier molecular flexibility index (Phi) is 6.74. The number of thiophene rings is 1. The zero-order chi connectivity index (χ0) is 23.5. The van der Waals surface area contributed by atoms with Crippen LogP contribution in [0.15, 0.2) is 60.0 Å². The molecule has 0 unspecified atom stereocenters. The third-order valence-corrected chi connectivity index (χ3v) is 7.26. The van der Waals surface area contributed by atoms with Gasteiger partial charge in [0.1, 0.15) is 13.2 Å². The van der Waals surface area contributed by atoms with Crippen LogP contribution >= 0.6 is 22.9 Å². The predicted octanol–water partition coefficient (Wildman–Crippen LogP) is 5.26. The first-order valence-corrected chi connectivity index (χ1v) is 12.6. The largest absolute Gasteiger partial charge is 0.486 e. The molecule has 34 heavy (non-hydrogen) atoms. The zero-order valence-corrected chi connectivity index (χ0v) is 20.2. The number of hydrogen-bond acceptors (Lipinski definition) is 5. The van der Waals surface area contributed by atoms with Gasteiger partial charge in [-0.1, -0.05) is 17.7 Å². The average Bonchev–Trinajstić information content (AvgIpc) is 3.40. The van der Waals surface area contributed by atoms with E-state index in [1.54, 1.807) is 40.5 Å². The van der Waals surface area contributed by atoms with Gasteiger partial charge in [-0.3, -0.25) is 9.59 Å². The summed E-state index contributed by atoms with van der Waals surface area (Å²) < 4.78 is 11.4. The van der Waals surface area contributed by atoms with Crippen LogP contribution in [0.4, 0.5) is 5.69 Å². The second kappa shape index (κ2) is 10.1. The van der Waals surface area contributed by atoms with Crippen LogP contribution in [0.5, 0.6) is 11.5 Å². The summed E-state index contributed by atoms with van der Waals surface area (Å²) in [7, 11) is 0. The number of benzene rings is 2. The number of ether oxygens (including phenoxy) is 2. The normalized spacial score (nSPS) is 17.3. The van der Waals surface area contributed by atoms with Gasteiger partial charge >= 0.3 is 0 Å². The number of anilines is 1. The highest BCUT2D eigenvalue weighted by Crippen LogP contribution is 2.36. The molecule has 0 radical (unpaired) electrons. The van der Waals surface area contributed by atoms with Crippen LogP contribution < -0.4 is 14.4 Å². The lowest BCUT2D eigenvalue weighted by molar-refractivity contribution is -0.123. The van der Waals surface area contributed by atoms with Crippen LogP contribution in [-0.2, 0) is 11.3 Å². The summed E-state index contributed by atoms with van der Waals surface area (Å²) in [6, 6.07) is 16.5. The molecule has 176 valence electrons. The molecule has 3 heterocycles. The molecule has 2 amide bonds. The number of halogens is 1. The van der Waals surface area contributed by atoms with Gasteiger partial charge in [0, 0.05) is 40.3 Å². The Morgan fingerprint density at radius 2 is 1.85 bits per heavy atom. The lowest BCUT2D eigenvalue weighted by atomic mass is 9.95. The first-order chi connectivity index (χ1) is 16.6. The molecule has 0 bridgehead atoms. The number of nitrogens with zero attached hydrogens (tertiary/aromatic N) is 2. The number of fused-ring (bicyclic) bond motifs is 1. The Labute approximate surface area is 207 Å². The van der Waals surface area contributed by atoms with Crippen molar-refractivity contribution in [3.05, 3.63) is 75.4 Å². The smallest absolute Gasteiger partial charge is 0.253 e. The third-order valence-electron chi connectivity index (χ3n) is 6.15. The van der Waals surface area contributed by atoms with E-state index in [9.17, 15) is 9.59 Å². The molecule has 2 aliphatic heterocycles. The molecule has 8 heteroatoms. The zero-order valence-electron chi connectivity index (χ0n) is 18.6. The standard InChI is InChI=1S/C26H25ClN2O4S/c27-20-7-5-18(6-8-20)25(30)28-11-1-3-19(16-28)26(31)29(17-22-4-2-14-34-22)21-9-10-23-24(15-21)33-13-12-32-23/h2,4-10,14-15,19H,1,3,11-13,16-17H2/t19-/m0/s1. The summed E-state index contributed by atoms with van der Waals surface area (Å²) in [4.78, 5) is 31.6. The van der Waals surface area contributed by atoms with E-state index in [2.05, 4.69) is 0 Å². The fourth-order valence-electron chi connectivity index (χ4n) is 4.41. The molecular formula is C26H25ClN2O4S. The monoisotopic (exact) mass is 496 g/mol. The minimum atomic E-state index is -0.279. The van der Waals surface area contributed by atoms with Crippen LogP contribution in [0, 0.1) is 5.92 Å². The Bertz CT molecular complexity index is 1170. The average molecular weight is 497 g/mol. The van der Waals surface area contributed by atoms with Gasteiger partial charge in [-0.25, -0.2) is 0 Å². The molecule has 1 fully saturated rings. The highest BCUT2D eigenvalue weighted by atomic mass is 35.5. The van der Waals surface area contributed by atoms with Gasteiger partial charge in [0.15, 0.2) is 11.5 Å². The number of hydrogen-bond donors (Lipinski definition) is 0. The van der Waals surface area contributed by atoms with Crippen molar-refractivity contribution in [3.63, 3.8) is 0 Å². The number of piperidine rings is 1. The first-order valence-electron chi connectivity index (χ1n) is 11.4. The summed E-state index contributed by atoms with van der Waals surface area (Å²) in [6.45, 7) is 2.51. The maximum Gasteiger partial charge on any atom is 0.253 e. The van der Waals surface area contributed by atoms with Crippen molar-refractivity contribution in [1.82, 2.24) is 4.90 Å². The number of amides is 2. The molecule has 3 aromatic rings. The van der Waals surface area contributed by atoms with Crippen molar-refractivity contribution in [3.8, 4) is 11.5 Å². The summed E-state index contributed by atoms with van der Waals surface area (Å²) in [5.74, 6) is 1.00. The van der Waals surface area contributed by atoms with E-state index >= 15 is 0 Å². The maximum atomic E-state index is 13.8. The molecule has 0 saturated carbocycles. The van der Waals surface area contributed by atoms with Crippen molar-refractivity contribution < 1.29 is 19.1 Å². The molecule has 0 spiro atoms. The Morgan fingerprint density at radius 1 is 1.06 bits per heavy atom. The minimum Gasteiger partial charge on any atom is -0.486 e. The lowest BCUT2D eigenvalue weighted by Crippen LogP contribution is -2.46. The molecule has 2 aliphatic rings. The van der Waals surface area contributed by atoms with Crippen LogP contribution in [0.2, 0.25) is 5.02 Å². The quantitative estimate of drug-likeness (QED) is 0.483. The van der Waals surface area contributed by atoms with Crippen molar-refractivity contribution in [2.45, 2.75) is 19.4 Å². The van der Waals surface area contributed by atoms with Gasteiger partial charge in [-0.05, 0) is 60.7 Å². The summed E-state index contributed by atoms with van der Waals surface area (Å²) in [5, 5.41) is 2.60. The van der Waals surface area contributed by atoms with Crippen LogP contribution in [0.25, 0.3) is 0 Å². The molecule has 1 saturated heterocycles. The summed E-state index contributed by atoms with van der Waals surface area (Å²) >= 11 is 7.59. The van der Waals surface area contributed by atoms with Gasteiger partial charge in [0.05, 0.1) is 12.5 Å². The number of carbonyl (C=O) groups is 2. The molecule has 1 aromatic heterocycles. The van der Waals surface area contributed by atoms with Gasteiger partial charge in [-0.15, -0.1) is 11.3 Å². The van der Waals surface area contributed by atoms with E-state index < -0.39 is 0 Å². The minimum absolute atomic E-state index is 0.0127. The molecule has 2 aromatic carbocycles. The first kappa shape index (κ1) is 22.7. The Balaban J connectivity index is 1.38. The molecular weight excluding hydrogens is 472 g/mol. The molecule has 0 aliphatic carbocycles. The van der Waals surface area contributed by atoms with E-state index in [0.717, 1.165) is 23.4 Å². The van der Waals surface area contributed by atoms with E-state index in [0.29, 0.717) is 54.9 Å². The van der Waals surface area contributed by atoms with Gasteiger partial charge in [-0.2, -0.15) is 0 Å². The van der Waals surface area contributed by atoms with Gasteiger partial charge in [0.2, 0.25) is 5.91 Å². The van der Waals surface area contributed by atoms with Crippen LogP contribution in [0.1, 0.15) is 28.1 Å². The summed E-state index contributed by atoms with van der Waals surface area (Å²) in [5.41, 5.74) is 1.35. The predicted molar refractivity (Wildman–Crippen MR) is 133 cm³/mol. The van der Waals surface area contributed by atoms with E-state index in [1.165, 1.54) is 0 Å².